The Labute approximate surface area is 236 Å². The molecule has 0 aliphatic carbocycles. The SMILES string of the molecule is COc1ccc(-c2nc(-c3ccc(/C=C/C(=O)O)cc3)c(-c3ccc(/C=C/C(=O)O)cc3)n2-c2ccccc2)cc1. The lowest BCUT2D eigenvalue weighted by molar-refractivity contribution is -0.132. The normalized spacial score (nSPS) is 11.2. The van der Waals surface area contributed by atoms with E-state index < -0.39 is 11.9 Å². The van der Waals surface area contributed by atoms with Gasteiger partial charge in [0.2, 0.25) is 0 Å². The molecule has 0 amide bonds. The Hall–Kier alpha value is -5.69. The minimum atomic E-state index is -1.01. The van der Waals surface area contributed by atoms with Crippen LogP contribution in [-0.4, -0.2) is 38.8 Å². The lowest BCUT2D eigenvalue weighted by Gasteiger charge is -2.14. The van der Waals surface area contributed by atoms with E-state index in [-0.39, 0.29) is 0 Å². The van der Waals surface area contributed by atoms with Crippen molar-refractivity contribution < 1.29 is 24.5 Å². The molecule has 0 saturated carbocycles. The highest BCUT2D eigenvalue weighted by Gasteiger charge is 2.22. The number of nitrogens with zero attached hydrogens (tertiary/aromatic N) is 2. The Morgan fingerprint density at radius 3 is 1.71 bits per heavy atom. The van der Waals surface area contributed by atoms with Crippen LogP contribution in [0.25, 0.3) is 51.7 Å². The topological polar surface area (TPSA) is 102 Å². The van der Waals surface area contributed by atoms with Gasteiger partial charge in [0.05, 0.1) is 18.5 Å². The summed E-state index contributed by atoms with van der Waals surface area (Å²) in [7, 11) is 1.63. The second-order valence-corrected chi connectivity index (χ2v) is 9.12. The molecule has 7 nitrogen and oxygen atoms in total. The summed E-state index contributed by atoms with van der Waals surface area (Å²) >= 11 is 0. The zero-order valence-corrected chi connectivity index (χ0v) is 22.1. The fourth-order valence-electron chi connectivity index (χ4n) is 4.49. The van der Waals surface area contributed by atoms with Crippen molar-refractivity contribution in [2.24, 2.45) is 0 Å². The Morgan fingerprint density at radius 1 is 0.683 bits per heavy atom. The molecule has 5 aromatic rings. The number of carboxylic acids is 2. The van der Waals surface area contributed by atoms with Crippen LogP contribution >= 0.6 is 0 Å². The van der Waals surface area contributed by atoms with Crippen molar-refractivity contribution in [1.82, 2.24) is 9.55 Å². The first-order chi connectivity index (χ1) is 19.9. The smallest absolute Gasteiger partial charge is 0.328 e. The number of carbonyl (C=O) groups is 2. The van der Waals surface area contributed by atoms with Crippen molar-refractivity contribution in [3.05, 3.63) is 126 Å². The van der Waals surface area contributed by atoms with Gasteiger partial charge in [0, 0.05) is 34.5 Å². The largest absolute Gasteiger partial charge is 0.497 e. The monoisotopic (exact) mass is 542 g/mol. The number of aromatic nitrogens is 2. The quantitative estimate of drug-likeness (QED) is 0.193. The van der Waals surface area contributed by atoms with Crippen LogP contribution in [0.1, 0.15) is 11.1 Å². The number of aliphatic carboxylic acids is 2. The highest BCUT2D eigenvalue weighted by Crippen LogP contribution is 2.39. The van der Waals surface area contributed by atoms with Crippen molar-refractivity contribution in [2.75, 3.05) is 7.11 Å². The third-order valence-corrected chi connectivity index (χ3v) is 6.44. The van der Waals surface area contributed by atoms with E-state index in [1.807, 2.05) is 103 Å². The molecule has 0 aliphatic rings. The first-order valence-corrected chi connectivity index (χ1v) is 12.8. The summed E-state index contributed by atoms with van der Waals surface area (Å²) in [6, 6.07) is 32.8. The Bertz CT molecular complexity index is 1730. The Morgan fingerprint density at radius 2 is 1.20 bits per heavy atom. The van der Waals surface area contributed by atoms with Gasteiger partial charge in [-0.05, 0) is 59.7 Å². The molecule has 1 aromatic heterocycles. The van der Waals surface area contributed by atoms with E-state index in [4.69, 9.17) is 19.9 Å². The zero-order chi connectivity index (χ0) is 28.8. The van der Waals surface area contributed by atoms with Gasteiger partial charge in [0.25, 0.3) is 0 Å². The average Bonchev–Trinajstić information content (AvgIpc) is 3.40. The van der Waals surface area contributed by atoms with Crippen LogP contribution in [0.2, 0.25) is 0 Å². The summed E-state index contributed by atoms with van der Waals surface area (Å²) in [5.41, 5.74) is 6.66. The molecule has 4 aromatic carbocycles. The summed E-state index contributed by atoms with van der Waals surface area (Å²) in [5, 5.41) is 18.0. The van der Waals surface area contributed by atoms with Gasteiger partial charge in [0.1, 0.15) is 11.6 Å². The number of carboxylic acid groups (broad SMARTS) is 2. The number of hydrogen-bond donors (Lipinski definition) is 2. The van der Waals surface area contributed by atoms with E-state index in [9.17, 15) is 9.59 Å². The fraction of sp³-hybridized carbons (Fsp3) is 0.0294. The maximum atomic E-state index is 11.0. The van der Waals surface area contributed by atoms with Gasteiger partial charge in [-0.15, -0.1) is 0 Å². The summed E-state index contributed by atoms with van der Waals surface area (Å²) in [6.07, 6.45) is 5.30. The molecule has 0 bridgehead atoms. The Balaban J connectivity index is 1.74. The molecule has 0 radical (unpaired) electrons. The minimum Gasteiger partial charge on any atom is -0.497 e. The number of ether oxygens (including phenoxy) is 1. The minimum absolute atomic E-state index is 0.730. The molecule has 41 heavy (non-hydrogen) atoms. The summed E-state index contributed by atoms with van der Waals surface area (Å²) in [4.78, 5) is 27.1. The Kier molecular flexibility index (Phi) is 7.88. The molecular weight excluding hydrogens is 516 g/mol. The van der Waals surface area contributed by atoms with E-state index in [1.54, 1.807) is 19.3 Å². The number of methoxy groups -OCH3 is 1. The average molecular weight is 543 g/mol. The van der Waals surface area contributed by atoms with Gasteiger partial charge < -0.3 is 14.9 Å². The second kappa shape index (κ2) is 12.0. The number of hydrogen-bond acceptors (Lipinski definition) is 4. The lowest BCUT2D eigenvalue weighted by atomic mass is 10.0. The van der Waals surface area contributed by atoms with Crippen molar-refractivity contribution in [3.63, 3.8) is 0 Å². The standard InChI is InChI=1S/C34H26N2O5/c1-41-29-19-17-27(18-20-29)34-35-32(25-13-7-23(8-14-25)11-21-30(37)38)33(36(34)28-5-3-2-4-6-28)26-15-9-24(10-16-26)12-22-31(39)40/h2-22H,1H3,(H,37,38)(H,39,40)/b21-11+,22-12+. The van der Waals surface area contributed by atoms with Crippen molar-refractivity contribution in [2.45, 2.75) is 0 Å². The molecule has 202 valence electrons. The maximum Gasteiger partial charge on any atom is 0.328 e. The molecule has 0 saturated heterocycles. The second-order valence-electron chi connectivity index (χ2n) is 9.12. The summed E-state index contributed by atoms with van der Waals surface area (Å²) in [5.74, 6) is -0.552. The van der Waals surface area contributed by atoms with Crippen LogP contribution in [0.4, 0.5) is 0 Å². The number of rotatable bonds is 9. The predicted molar refractivity (Wildman–Crippen MR) is 160 cm³/mol. The number of imidazole rings is 1. The highest BCUT2D eigenvalue weighted by molar-refractivity contribution is 5.88. The van der Waals surface area contributed by atoms with Gasteiger partial charge in [-0.2, -0.15) is 0 Å². The predicted octanol–water partition coefficient (Wildman–Crippen LogP) is 7.08. The molecule has 7 heteroatoms. The molecule has 1 heterocycles. The fourth-order valence-corrected chi connectivity index (χ4v) is 4.49. The van der Waals surface area contributed by atoms with Crippen LogP contribution in [-0.2, 0) is 9.59 Å². The molecule has 0 unspecified atom stereocenters. The summed E-state index contributed by atoms with van der Waals surface area (Å²) < 4.78 is 7.48. The number of para-hydroxylation sites is 1. The molecule has 0 fully saturated rings. The molecule has 0 spiro atoms. The van der Waals surface area contributed by atoms with E-state index in [2.05, 4.69) is 4.57 Å². The lowest BCUT2D eigenvalue weighted by Crippen LogP contribution is -2.00. The van der Waals surface area contributed by atoms with Gasteiger partial charge in [0.15, 0.2) is 0 Å². The van der Waals surface area contributed by atoms with Crippen LogP contribution in [0.5, 0.6) is 5.75 Å². The van der Waals surface area contributed by atoms with Gasteiger partial charge in [-0.3, -0.25) is 4.57 Å². The van der Waals surface area contributed by atoms with Crippen LogP contribution < -0.4 is 4.74 Å². The molecule has 0 atom stereocenters. The first-order valence-electron chi connectivity index (χ1n) is 12.8. The van der Waals surface area contributed by atoms with Crippen molar-refractivity contribution in [3.8, 4) is 45.3 Å². The van der Waals surface area contributed by atoms with E-state index in [0.29, 0.717) is 0 Å². The van der Waals surface area contributed by atoms with E-state index in [1.165, 1.54) is 0 Å². The van der Waals surface area contributed by atoms with E-state index >= 15 is 0 Å². The van der Waals surface area contributed by atoms with Crippen LogP contribution in [0.15, 0.2) is 115 Å². The molecular formula is C34H26N2O5. The summed E-state index contributed by atoms with van der Waals surface area (Å²) in [6.45, 7) is 0. The highest BCUT2D eigenvalue weighted by atomic mass is 16.5. The third kappa shape index (κ3) is 6.15. The maximum absolute atomic E-state index is 11.0. The zero-order valence-electron chi connectivity index (χ0n) is 22.1. The number of benzene rings is 4. The van der Waals surface area contributed by atoms with Gasteiger partial charge in [-0.1, -0.05) is 66.7 Å². The van der Waals surface area contributed by atoms with Crippen molar-refractivity contribution in [1.29, 1.82) is 0 Å². The molecule has 2 N–H and O–H groups in total. The van der Waals surface area contributed by atoms with Gasteiger partial charge >= 0.3 is 11.9 Å². The first kappa shape index (κ1) is 26.9. The van der Waals surface area contributed by atoms with Gasteiger partial charge in [-0.25, -0.2) is 14.6 Å². The molecule has 5 rings (SSSR count). The van der Waals surface area contributed by atoms with Crippen LogP contribution in [0, 0.1) is 0 Å². The van der Waals surface area contributed by atoms with Crippen LogP contribution in [0.3, 0.4) is 0 Å². The van der Waals surface area contributed by atoms with Crippen molar-refractivity contribution >= 4 is 24.1 Å². The molecule has 0 aliphatic heterocycles. The van der Waals surface area contributed by atoms with E-state index in [0.717, 1.165) is 68.6 Å². The third-order valence-electron chi connectivity index (χ3n) is 6.44.